The quantitative estimate of drug-likeness (QED) is 0.736. The number of carbonyl (C=O) groups excluding carboxylic acids is 1. The molecule has 0 unspecified atom stereocenters. The zero-order valence-electron chi connectivity index (χ0n) is 11.3. The van der Waals surface area contributed by atoms with Crippen molar-refractivity contribution in [3.63, 3.8) is 0 Å². The first-order chi connectivity index (χ1) is 9.11. The Labute approximate surface area is 112 Å². The molecule has 0 saturated heterocycles. The molecule has 106 valence electrons. The Morgan fingerprint density at radius 1 is 1.47 bits per heavy atom. The lowest BCUT2D eigenvalue weighted by Crippen LogP contribution is -2.28. The molecule has 1 rings (SSSR count). The maximum Gasteiger partial charge on any atom is 0.256 e. The summed E-state index contributed by atoms with van der Waals surface area (Å²) in [6.45, 7) is 0.692. The first-order valence-corrected chi connectivity index (χ1v) is 6.30. The lowest BCUT2D eigenvalue weighted by Gasteiger charge is -2.17. The maximum absolute atomic E-state index is 13.9. The fourth-order valence-electron chi connectivity index (χ4n) is 1.73. The molecule has 0 radical (unpaired) electrons. The van der Waals surface area contributed by atoms with Gasteiger partial charge in [-0.15, -0.1) is 0 Å². The molecule has 0 aliphatic carbocycles. The van der Waals surface area contributed by atoms with E-state index >= 15 is 0 Å². The molecule has 1 aromatic heterocycles. The number of nitrogens with zero attached hydrogens (tertiary/aromatic N) is 2. The van der Waals surface area contributed by atoms with E-state index in [0.717, 1.165) is 19.3 Å². The molecule has 0 aliphatic rings. The van der Waals surface area contributed by atoms with Crippen molar-refractivity contribution in [3.8, 4) is 0 Å². The Balaban J connectivity index is 2.66. The van der Waals surface area contributed by atoms with Gasteiger partial charge < -0.3 is 15.3 Å². The van der Waals surface area contributed by atoms with Crippen LogP contribution < -0.4 is 5.32 Å². The van der Waals surface area contributed by atoms with Gasteiger partial charge in [-0.1, -0.05) is 0 Å². The highest BCUT2D eigenvalue weighted by atomic mass is 19.1. The molecular weight excluding hydrogens is 249 g/mol. The van der Waals surface area contributed by atoms with Crippen LogP contribution >= 0.6 is 0 Å². The van der Waals surface area contributed by atoms with Crippen LogP contribution in [0.25, 0.3) is 0 Å². The Hall–Kier alpha value is -1.69. The standard InChI is InChI=1S/C13H20FN3O2/c1-15-12-11(14)10(6-7-16-12)13(19)17(2)8-4-3-5-9-18/h6-7,18H,3-5,8-9H2,1-2H3,(H,15,16). The van der Waals surface area contributed by atoms with E-state index in [-0.39, 0.29) is 23.9 Å². The van der Waals surface area contributed by atoms with Crippen LogP contribution in [-0.2, 0) is 0 Å². The minimum absolute atomic E-state index is 0.0176. The van der Waals surface area contributed by atoms with Crippen LogP contribution in [0.5, 0.6) is 0 Å². The van der Waals surface area contributed by atoms with Crippen LogP contribution in [-0.4, -0.2) is 48.1 Å². The van der Waals surface area contributed by atoms with Crippen LogP contribution in [0, 0.1) is 5.82 Å². The van der Waals surface area contributed by atoms with E-state index in [9.17, 15) is 9.18 Å². The fraction of sp³-hybridized carbons (Fsp3) is 0.538. The van der Waals surface area contributed by atoms with Gasteiger partial charge in [0.2, 0.25) is 0 Å². The molecule has 5 nitrogen and oxygen atoms in total. The predicted molar refractivity (Wildman–Crippen MR) is 71.6 cm³/mol. The number of unbranched alkanes of at least 4 members (excludes halogenated alkanes) is 2. The highest BCUT2D eigenvalue weighted by Crippen LogP contribution is 2.16. The van der Waals surface area contributed by atoms with Crippen LogP contribution in [0.2, 0.25) is 0 Å². The SMILES string of the molecule is CNc1nccc(C(=O)N(C)CCCCCO)c1F. The number of carbonyl (C=O) groups is 1. The number of amides is 1. The highest BCUT2D eigenvalue weighted by Gasteiger charge is 2.18. The fourth-order valence-corrected chi connectivity index (χ4v) is 1.73. The average molecular weight is 269 g/mol. The zero-order chi connectivity index (χ0) is 14.3. The number of rotatable bonds is 7. The Morgan fingerprint density at radius 3 is 2.84 bits per heavy atom. The molecule has 0 atom stereocenters. The van der Waals surface area contributed by atoms with E-state index in [1.165, 1.54) is 17.2 Å². The average Bonchev–Trinajstić information content (AvgIpc) is 2.43. The number of aliphatic hydroxyl groups excluding tert-OH is 1. The second-order valence-corrected chi connectivity index (χ2v) is 4.28. The second-order valence-electron chi connectivity index (χ2n) is 4.28. The molecule has 0 fully saturated rings. The van der Waals surface area contributed by atoms with Gasteiger partial charge in [0.15, 0.2) is 11.6 Å². The molecule has 0 bridgehead atoms. The van der Waals surface area contributed by atoms with Crippen LogP contribution in [0.3, 0.4) is 0 Å². The van der Waals surface area contributed by atoms with E-state index in [2.05, 4.69) is 10.3 Å². The lowest BCUT2D eigenvalue weighted by molar-refractivity contribution is 0.0787. The number of hydrogen-bond acceptors (Lipinski definition) is 4. The van der Waals surface area contributed by atoms with Crippen molar-refractivity contribution in [2.45, 2.75) is 19.3 Å². The molecule has 6 heteroatoms. The Morgan fingerprint density at radius 2 is 2.21 bits per heavy atom. The summed E-state index contributed by atoms with van der Waals surface area (Å²) in [4.78, 5) is 17.4. The summed E-state index contributed by atoms with van der Waals surface area (Å²) in [6.07, 6.45) is 3.75. The van der Waals surface area contributed by atoms with Gasteiger partial charge in [0.1, 0.15) is 0 Å². The van der Waals surface area contributed by atoms with Crippen molar-refractivity contribution in [2.75, 3.05) is 32.6 Å². The third kappa shape index (κ3) is 4.17. The largest absolute Gasteiger partial charge is 0.396 e. The molecule has 1 amide bonds. The maximum atomic E-state index is 13.9. The molecule has 2 N–H and O–H groups in total. The first kappa shape index (κ1) is 15.4. The smallest absolute Gasteiger partial charge is 0.256 e. The molecule has 1 aromatic rings. The van der Waals surface area contributed by atoms with Gasteiger partial charge in [0.25, 0.3) is 5.91 Å². The number of hydrogen-bond donors (Lipinski definition) is 2. The highest BCUT2D eigenvalue weighted by molar-refractivity contribution is 5.95. The number of aromatic nitrogens is 1. The molecule has 0 spiro atoms. The normalized spacial score (nSPS) is 10.3. The van der Waals surface area contributed by atoms with Gasteiger partial charge in [-0.05, 0) is 25.3 Å². The van der Waals surface area contributed by atoms with Gasteiger partial charge >= 0.3 is 0 Å². The minimum Gasteiger partial charge on any atom is -0.396 e. The summed E-state index contributed by atoms with van der Waals surface area (Å²) in [6, 6.07) is 1.38. The number of anilines is 1. The Bertz CT molecular complexity index is 426. The summed E-state index contributed by atoms with van der Waals surface area (Å²) < 4.78 is 13.9. The van der Waals surface area contributed by atoms with E-state index < -0.39 is 5.82 Å². The van der Waals surface area contributed by atoms with E-state index in [1.54, 1.807) is 14.1 Å². The van der Waals surface area contributed by atoms with Crippen LogP contribution in [0.15, 0.2) is 12.3 Å². The third-order valence-electron chi connectivity index (χ3n) is 2.85. The molecular formula is C13H20FN3O2. The zero-order valence-corrected chi connectivity index (χ0v) is 11.3. The van der Waals surface area contributed by atoms with Gasteiger partial charge in [-0.2, -0.15) is 0 Å². The number of nitrogens with one attached hydrogen (secondary N) is 1. The number of pyridine rings is 1. The van der Waals surface area contributed by atoms with Gasteiger partial charge in [-0.25, -0.2) is 9.37 Å². The minimum atomic E-state index is -0.628. The summed E-state index contributed by atoms with van der Waals surface area (Å²) in [7, 11) is 3.19. The molecule has 1 heterocycles. The molecule has 0 aliphatic heterocycles. The van der Waals surface area contributed by atoms with E-state index in [4.69, 9.17) is 5.11 Å². The second kappa shape index (κ2) is 7.68. The summed E-state index contributed by atoms with van der Waals surface area (Å²) >= 11 is 0. The summed E-state index contributed by atoms with van der Waals surface area (Å²) in [5.41, 5.74) is 0.0176. The molecule has 19 heavy (non-hydrogen) atoms. The van der Waals surface area contributed by atoms with Gasteiger partial charge in [0.05, 0.1) is 5.56 Å². The first-order valence-electron chi connectivity index (χ1n) is 6.30. The summed E-state index contributed by atoms with van der Waals surface area (Å²) in [5, 5.41) is 11.3. The van der Waals surface area contributed by atoms with Crippen molar-refractivity contribution in [1.82, 2.24) is 9.88 Å². The van der Waals surface area contributed by atoms with Crippen molar-refractivity contribution in [1.29, 1.82) is 0 Å². The topological polar surface area (TPSA) is 65.5 Å². The van der Waals surface area contributed by atoms with Crippen molar-refractivity contribution >= 4 is 11.7 Å². The van der Waals surface area contributed by atoms with Crippen molar-refractivity contribution < 1.29 is 14.3 Å². The van der Waals surface area contributed by atoms with E-state index in [0.29, 0.717) is 6.54 Å². The number of aliphatic hydroxyl groups is 1. The van der Waals surface area contributed by atoms with Gasteiger partial charge in [0, 0.05) is 33.4 Å². The van der Waals surface area contributed by atoms with Crippen molar-refractivity contribution in [3.05, 3.63) is 23.6 Å². The predicted octanol–water partition coefficient (Wildman–Crippen LogP) is 1.50. The molecule has 0 saturated carbocycles. The Kier molecular flexibility index (Phi) is 6.21. The van der Waals surface area contributed by atoms with Gasteiger partial charge in [-0.3, -0.25) is 4.79 Å². The molecule has 0 aromatic carbocycles. The van der Waals surface area contributed by atoms with Crippen LogP contribution in [0.1, 0.15) is 29.6 Å². The third-order valence-corrected chi connectivity index (χ3v) is 2.85. The monoisotopic (exact) mass is 269 g/mol. The van der Waals surface area contributed by atoms with Crippen LogP contribution in [0.4, 0.5) is 10.2 Å². The van der Waals surface area contributed by atoms with Crippen molar-refractivity contribution in [2.24, 2.45) is 0 Å². The van der Waals surface area contributed by atoms with E-state index in [1.807, 2.05) is 0 Å². The summed E-state index contributed by atoms with van der Waals surface area (Å²) in [5.74, 6) is -0.919. The number of halogens is 1. The lowest BCUT2D eigenvalue weighted by atomic mass is 10.2.